The van der Waals surface area contributed by atoms with Gasteiger partial charge in [-0.05, 0) is 25.7 Å². The predicted molar refractivity (Wildman–Crippen MR) is 59.4 cm³/mol. The molecule has 0 radical (unpaired) electrons. The third-order valence-corrected chi connectivity index (χ3v) is 2.13. The summed E-state index contributed by atoms with van der Waals surface area (Å²) in [6, 6.07) is 0. The molecule has 0 aromatic heterocycles. The van der Waals surface area contributed by atoms with E-state index in [-0.39, 0.29) is 0 Å². The molecule has 0 aliphatic heterocycles. The van der Waals surface area contributed by atoms with E-state index in [1.54, 1.807) is 0 Å². The monoisotopic (exact) mass is 198 g/mol. The maximum Gasteiger partial charge on any atom is 0.303 e. The van der Waals surface area contributed by atoms with Gasteiger partial charge in [0.1, 0.15) is 0 Å². The molecule has 0 rings (SSSR count). The second kappa shape index (κ2) is 10.3. The van der Waals surface area contributed by atoms with Crippen LogP contribution in [0.5, 0.6) is 0 Å². The van der Waals surface area contributed by atoms with Crippen molar-refractivity contribution in [2.45, 2.75) is 58.3 Å². The average Bonchev–Trinajstić information content (AvgIpc) is 2.15. The summed E-state index contributed by atoms with van der Waals surface area (Å²) < 4.78 is 0. The van der Waals surface area contributed by atoms with Crippen LogP contribution in [0.1, 0.15) is 58.3 Å². The van der Waals surface area contributed by atoms with E-state index >= 15 is 0 Å². The summed E-state index contributed by atoms with van der Waals surface area (Å²) in [5, 5.41) is 8.40. The van der Waals surface area contributed by atoms with Crippen molar-refractivity contribution in [2.24, 2.45) is 0 Å². The first kappa shape index (κ1) is 13.2. The lowest BCUT2D eigenvalue weighted by atomic mass is 10.1. The predicted octanol–water partition coefficient (Wildman–Crippen LogP) is 3.77. The highest BCUT2D eigenvalue weighted by atomic mass is 16.4. The number of carboxylic acids is 1. The molecule has 0 aromatic rings. The summed E-state index contributed by atoms with van der Waals surface area (Å²) in [7, 11) is 0. The van der Waals surface area contributed by atoms with Gasteiger partial charge in [0.25, 0.3) is 0 Å². The number of aliphatic carboxylic acids is 1. The minimum Gasteiger partial charge on any atom is -0.481 e. The van der Waals surface area contributed by atoms with Crippen LogP contribution in [0.15, 0.2) is 12.2 Å². The molecule has 0 saturated carbocycles. The summed E-state index contributed by atoms with van der Waals surface area (Å²) in [6.45, 7) is 2.18. The second-order valence-electron chi connectivity index (χ2n) is 3.61. The zero-order chi connectivity index (χ0) is 10.6. The Kier molecular flexibility index (Phi) is 9.71. The number of allylic oxidation sites excluding steroid dienone is 2. The Labute approximate surface area is 87.0 Å². The van der Waals surface area contributed by atoms with Crippen LogP contribution in [0.25, 0.3) is 0 Å². The molecule has 0 heterocycles. The third kappa shape index (κ3) is 11.2. The summed E-state index contributed by atoms with van der Waals surface area (Å²) in [5.41, 5.74) is 0. The SMILES string of the molecule is CCCC=CCCCCCCC(=O)O. The van der Waals surface area contributed by atoms with E-state index in [0.29, 0.717) is 6.42 Å². The maximum absolute atomic E-state index is 10.2. The lowest BCUT2D eigenvalue weighted by molar-refractivity contribution is -0.137. The quantitative estimate of drug-likeness (QED) is 0.452. The molecule has 2 heteroatoms. The number of carboxylic acid groups (broad SMARTS) is 1. The highest BCUT2D eigenvalue weighted by Gasteiger charge is 1.95. The molecule has 0 bridgehead atoms. The van der Waals surface area contributed by atoms with Crippen LogP contribution in [0.4, 0.5) is 0 Å². The Morgan fingerprint density at radius 2 is 1.71 bits per heavy atom. The second-order valence-corrected chi connectivity index (χ2v) is 3.61. The van der Waals surface area contributed by atoms with Crippen LogP contribution in [0.2, 0.25) is 0 Å². The van der Waals surface area contributed by atoms with Gasteiger partial charge >= 0.3 is 5.97 Å². The first-order valence-electron chi connectivity index (χ1n) is 5.64. The van der Waals surface area contributed by atoms with Gasteiger partial charge < -0.3 is 5.11 Å². The first-order valence-corrected chi connectivity index (χ1v) is 5.64. The fraction of sp³-hybridized carbons (Fsp3) is 0.750. The van der Waals surface area contributed by atoms with Gasteiger partial charge in [0.05, 0.1) is 0 Å². The highest BCUT2D eigenvalue weighted by molar-refractivity contribution is 5.66. The number of hydrogen-bond donors (Lipinski definition) is 1. The Morgan fingerprint density at radius 1 is 1.07 bits per heavy atom. The topological polar surface area (TPSA) is 37.3 Å². The van der Waals surface area contributed by atoms with Crippen LogP contribution in [-0.2, 0) is 4.79 Å². The highest BCUT2D eigenvalue weighted by Crippen LogP contribution is 2.06. The maximum atomic E-state index is 10.2. The van der Waals surface area contributed by atoms with E-state index in [1.165, 1.54) is 19.3 Å². The zero-order valence-corrected chi connectivity index (χ0v) is 9.17. The van der Waals surface area contributed by atoms with Gasteiger partial charge in [-0.25, -0.2) is 0 Å². The molecular formula is C12H22O2. The van der Waals surface area contributed by atoms with Crippen LogP contribution in [-0.4, -0.2) is 11.1 Å². The van der Waals surface area contributed by atoms with Gasteiger partial charge in [0.2, 0.25) is 0 Å². The van der Waals surface area contributed by atoms with Gasteiger partial charge in [0.15, 0.2) is 0 Å². The Balaban J connectivity index is 3.02. The minimum atomic E-state index is -0.673. The number of rotatable bonds is 9. The molecule has 0 amide bonds. The average molecular weight is 198 g/mol. The molecule has 1 N–H and O–H groups in total. The van der Waals surface area contributed by atoms with Crippen molar-refractivity contribution in [1.29, 1.82) is 0 Å². The molecule has 0 aromatic carbocycles. The molecule has 0 saturated heterocycles. The van der Waals surface area contributed by atoms with Crippen molar-refractivity contribution in [1.82, 2.24) is 0 Å². The van der Waals surface area contributed by atoms with Crippen molar-refractivity contribution in [3.63, 3.8) is 0 Å². The molecule has 0 atom stereocenters. The third-order valence-electron chi connectivity index (χ3n) is 2.13. The molecule has 0 unspecified atom stereocenters. The summed E-state index contributed by atoms with van der Waals surface area (Å²) in [4.78, 5) is 10.2. The van der Waals surface area contributed by atoms with Crippen molar-refractivity contribution in [2.75, 3.05) is 0 Å². The first-order chi connectivity index (χ1) is 6.77. The van der Waals surface area contributed by atoms with Crippen LogP contribution in [0.3, 0.4) is 0 Å². The van der Waals surface area contributed by atoms with Gasteiger partial charge in [-0.1, -0.05) is 38.3 Å². The normalized spacial score (nSPS) is 10.9. The van der Waals surface area contributed by atoms with Gasteiger partial charge in [-0.3, -0.25) is 4.79 Å². The number of carbonyl (C=O) groups is 1. The number of unbranched alkanes of at least 4 members (excludes halogenated alkanes) is 5. The smallest absolute Gasteiger partial charge is 0.303 e. The van der Waals surface area contributed by atoms with Crippen LogP contribution in [0, 0.1) is 0 Å². The van der Waals surface area contributed by atoms with E-state index in [2.05, 4.69) is 19.1 Å². The molecule has 0 aliphatic carbocycles. The molecule has 0 fully saturated rings. The summed E-state index contributed by atoms with van der Waals surface area (Å²) in [5.74, 6) is -0.673. The summed E-state index contributed by atoms with van der Waals surface area (Å²) in [6.07, 6.45) is 12.6. The minimum absolute atomic E-state index is 0.325. The van der Waals surface area contributed by atoms with Crippen molar-refractivity contribution < 1.29 is 9.90 Å². The molecule has 2 nitrogen and oxygen atoms in total. The van der Waals surface area contributed by atoms with E-state index in [9.17, 15) is 4.79 Å². The van der Waals surface area contributed by atoms with Crippen molar-refractivity contribution in [3.8, 4) is 0 Å². The lowest BCUT2D eigenvalue weighted by Gasteiger charge is -1.96. The van der Waals surface area contributed by atoms with Crippen LogP contribution < -0.4 is 0 Å². The van der Waals surface area contributed by atoms with Gasteiger partial charge in [-0.2, -0.15) is 0 Å². The van der Waals surface area contributed by atoms with Crippen molar-refractivity contribution >= 4 is 5.97 Å². The van der Waals surface area contributed by atoms with E-state index < -0.39 is 5.97 Å². The fourth-order valence-corrected chi connectivity index (χ4v) is 1.29. The zero-order valence-electron chi connectivity index (χ0n) is 9.17. The lowest BCUT2D eigenvalue weighted by Crippen LogP contribution is -1.93. The Morgan fingerprint density at radius 3 is 2.36 bits per heavy atom. The molecule has 0 aliphatic rings. The van der Waals surface area contributed by atoms with Gasteiger partial charge in [0, 0.05) is 6.42 Å². The van der Waals surface area contributed by atoms with E-state index in [1.807, 2.05) is 0 Å². The van der Waals surface area contributed by atoms with E-state index in [0.717, 1.165) is 25.7 Å². The van der Waals surface area contributed by atoms with Gasteiger partial charge in [-0.15, -0.1) is 0 Å². The fourth-order valence-electron chi connectivity index (χ4n) is 1.29. The van der Waals surface area contributed by atoms with Crippen molar-refractivity contribution in [3.05, 3.63) is 12.2 Å². The Hall–Kier alpha value is -0.790. The molecule has 0 spiro atoms. The van der Waals surface area contributed by atoms with Crippen LogP contribution >= 0.6 is 0 Å². The molecule has 14 heavy (non-hydrogen) atoms. The Bertz CT molecular complexity index is 162. The summed E-state index contributed by atoms with van der Waals surface area (Å²) >= 11 is 0. The number of hydrogen-bond acceptors (Lipinski definition) is 1. The largest absolute Gasteiger partial charge is 0.481 e. The molecule has 82 valence electrons. The molecular weight excluding hydrogens is 176 g/mol. The van der Waals surface area contributed by atoms with E-state index in [4.69, 9.17) is 5.11 Å². The standard InChI is InChI=1S/C12H22O2/c1-2-3-4-5-6-7-8-9-10-11-12(13)14/h4-5H,2-3,6-11H2,1H3,(H,13,14).